The van der Waals surface area contributed by atoms with Crippen molar-refractivity contribution in [2.24, 2.45) is 12.8 Å². The van der Waals surface area contributed by atoms with Crippen molar-refractivity contribution in [3.8, 4) is 0 Å². The molecule has 7 N–H and O–H groups in total. The van der Waals surface area contributed by atoms with Crippen LogP contribution in [-0.2, 0) is 23.1 Å². The van der Waals surface area contributed by atoms with E-state index in [4.69, 9.17) is 5.73 Å². The van der Waals surface area contributed by atoms with Crippen molar-refractivity contribution in [2.45, 2.75) is 37.8 Å². The van der Waals surface area contributed by atoms with Gasteiger partial charge in [0, 0.05) is 30.6 Å². The minimum Gasteiger partial charge on any atom is -0.480 e. The molecule has 2 rings (SSSR count). The first-order valence-electron chi connectivity index (χ1n) is 8.55. The summed E-state index contributed by atoms with van der Waals surface area (Å²) in [5.41, 5.74) is 11.5. The van der Waals surface area contributed by atoms with Gasteiger partial charge in [-0.05, 0) is 30.9 Å². The number of hydrogen-bond acceptors (Lipinski definition) is 3. The Morgan fingerprint density at radius 3 is 2.72 bits per heavy atom. The van der Waals surface area contributed by atoms with Crippen LogP contribution >= 0.6 is 0 Å². The SMILES string of the molecule is Cn1cc(C[C@@H](NC(=O)[C@@H](N)CCCC[NH3+])C(=O)O)c2ccccc21. The summed E-state index contributed by atoms with van der Waals surface area (Å²) in [7, 11) is 1.92. The highest BCUT2D eigenvalue weighted by Gasteiger charge is 2.24. The molecule has 0 aliphatic rings. The Labute approximate surface area is 147 Å². The van der Waals surface area contributed by atoms with Crippen LogP contribution in [0.4, 0.5) is 0 Å². The van der Waals surface area contributed by atoms with Gasteiger partial charge < -0.3 is 26.5 Å². The molecule has 0 radical (unpaired) electrons. The number of aromatic nitrogens is 1. The first-order valence-corrected chi connectivity index (χ1v) is 8.55. The van der Waals surface area contributed by atoms with Gasteiger partial charge in [-0.15, -0.1) is 0 Å². The lowest BCUT2D eigenvalue weighted by Crippen LogP contribution is -2.51. The summed E-state index contributed by atoms with van der Waals surface area (Å²) in [6, 6.07) is 6.09. The van der Waals surface area contributed by atoms with Gasteiger partial charge >= 0.3 is 5.97 Å². The molecular weight excluding hydrogens is 320 g/mol. The highest BCUT2D eigenvalue weighted by Crippen LogP contribution is 2.21. The van der Waals surface area contributed by atoms with E-state index in [1.807, 2.05) is 42.1 Å². The van der Waals surface area contributed by atoms with Crippen molar-refractivity contribution in [3.05, 3.63) is 36.0 Å². The highest BCUT2D eigenvalue weighted by atomic mass is 16.4. The van der Waals surface area contributed by atoms with Crippen molar-refractivity contribution in [1.29, 1.82) is 0 Å². The van der Waals surface area contributed by atoms with Crippen LogP contribution in [0.3, 0.4) is 0 Å². The molecule has 25 heavy (non-hydrogen) atoms. The third-order valence-corrected chi connectivity index (χ3v) is 4.37. The number of nitrogens with two attached hydrogens (primary N) is 1. The normalized spacial score (nSPS) is 13.6. The summed E-state index contributed by atoms with van der Waals surface area (Å²) in [4.78, 5) is 23.8. The van der Waals surface area contributed by atoms with Crippen LogP contribution in [0.25, 0.3) is 10.9 Å². The number of amides is 1. The fraction of sp³-hybridized carbons (Fsp3) is 0.444. The predicted molar refractivity (Wildman–Crippen MR) is 95.8 cm³/mol. The molecule has 0 bridgehead atoms. The number of rotatable bonds is 9. The van der Waals surface area contributed by atoms with Crippen molar-refractivity contribution in [2.75, 3.05) is 6.54 Å². The molecule has 7 nitrogen and oxygen atoms in total. The maximum Gasteiger partial charge on any atom is 0.326 e. The number of benzene rings is 1. The van der Waals surface area contributed by atoms with E-state index < -0.39 is 24.0 Å². The number of nitrogens with zero attached hydrogens (tertiary/aromatic N) is 1. The third-order valence-electron chi connectivity index (χ3n) is 4.37. The second kappa shape index (κ2) is 8.64. The fourth-order valence-electron chi connectivity index (χ4n) is 2.96. The topological polar surface area (TPSA) is 125 Å². The molecule has 2 aromatic rings. The number of aliphatic carboxylic acids is 1. The second-order valence-corrected chi connectivity index (χ2v) is 6.34. The van der Waals surface area contributed by atoms with E-state index in [0.717, 1.165) is 35.9 Å². The summed E-state index contributed by atoms with van der Waals surface area (Å²) in [5.74, 6) is -1.48. The first-order chi connectivity index (χ1) is 11.9. The summed E-state index contributed by atoms with van der Waals surface area (Å²) >= 11 is 0. The van der Waals surface area contributed by atoms with Gasteiger partial charge in [0.25, 0.3) is 0 Å². The van der Waals surface area contributed by atoms with E-state index in [2.05, 4.69) is 11.1 Å². The molecule has 136 valence electrons. The van der Waals surface area contributed by atoms with Crippen molar-refractivity contribution >= 4 is 22.8 Å². The molecule has 0 saturated heterocycles. The molecule has 0 aliphatic heterocycles. The Hall–Kier alpha value is -2.38. The number of fused-ring (bicyclic) bond motifs is 1. The van der Waals surface area contributed by atoms with Crippen LogP contribution in [0, 0.1) is 0 Å². The molecule has 0 spiro atoms. The van der Waals surface area contributed by atoms with Gasteiger partial charge in [-0.1, -0.05) is 18.2 Å². The minimum absolute atomic E-state index is 0.216. The van der Waals surface area contributed by atoms with Crippen molar-refractivity contribution in [1.82, 2.24) is 9.88 Å². The minimum atomic E-state index is -1.06. The zero-order valence-corrected chi connectivity index (χ0v) is 14.6. The molecular formula is C18H27N4O3+. The average molecular weight is 347 g/mol. The van der Waals surface area contributed by atoms with Gasteiger partial charge in [0.2, 0.25) is 5.91 Å². The summed E-state index contributed by atoms with van der Waals surface area (Å²) in [5, 5.41) is 13.1. The van der Waals surface area contributed by atoms with Crippen LogP contribution in [0.2, 0.25) is 0 Å². The second-order valence-electron chi connectivity index (χ2n) is 6.34. The Morgan fingerprint density at radius 1 is 1.32 bits per heavy atom. The van der Waals surface area contributed by atoms with E-state index in [-0.39, 0.29) is 6.42 Å². The average Bonchev–Trinajstić information content (AvgIpc) is 2.90. The smallest absolute Gasteiger partial charge is 0.326 e. The van der Waals surface area contributed by atoms with Gasteiger partial charge in [0.05, 0.1) is 12.6 Å². The number of carbonyl (C=O) groups excluding carboxylic acids is 1. The quantitative estimate of drug-likeness (QED) is 0.478. The Balaban J connectivity index is 2.08. The molecule has 0 fully saturated rings. The first kappa shape index (κ1) is 19.0. The molecule has 0 saturated carbocycles. The standard InChI is InChI=1S/C18H26N4O3/c1-22-11-12(13-6-2-3-8-16(13)22)10-15(18(24)25)21-17(23)14(20)7-4-5-9-19/h2-3,6,8,11,14-15H,4-5,7,9-10,19-20H2,1H3,(H,21,23)(H,24,25)/p+1/t14-,15+/m0/s1. The number of nitrogens with one attached hydrogen (secondary N) is 1. The molecule has 1 amide bonds. The van der Waals surface area contributed by atoms with E-state index in [1.54, 1.807) is 0 Å². The summed E-state index contributed by atoms with van der Waals surface area (Å²) < 4.78 is 1.95. The number of carbonyl (C=O) groups is 2. The largest absolute Gasteiger partial charge is 0.480 e. The summed E-state index contributed by atoms with van der Waals surface area (Å²) in [6.45, 7) is 0.799. The van der Waals surface area contributed by atoms with Gasteiger partial charge in [-0.3, -0.25) is 4.79 Å². The van der Waals surface area contributed by atoms with E-state index in [0.29, 0.717) is 6.42 Å². The number of aryl methyl sites for hydroxylation is 1. The van der Waals surface area contributed by atoms with Crippen LogP contribution < -0.4 is 16.8 Å². The van der Waals surface area contributed by atoms with Gasteiger partial charge in [0.1, 0.15) is 6.04 Å². The molecule has 1 aromatic carbocycles. The van der Waals surface area contributed by atoms with Crippen LogP contribution in [-0.4, -0.2) is 40.2 Å². The van der Waals surface area contributed by atoms with Gasteiger partial charge in [-0.2, -0.15) is 0 Å². The molecule has 7 heteroatoms. The van der Waals surface area contributed by atoms with Crippen LogP contribution in [0.5, 0.6) is 0 Å². The Kier molecular flexibility index (Phi) is 6.55. The number of carboxylic acids is 1. The number of quaternary nitrogens is 1. The highest BCUT2D eigenvalue weighted by molar-refractivity contribution is 5.88. The Morgan fingerprint density at radius 2 is 2.04 bits per heavy atom. The van der Waals surface area contributed by atoms with Gasteiger partial charge in [0.15, 0.2) is 0 Å². The zero-order valence-electron chi connectivity index (χ0n) is 14.6. The number of hydrogen-bond donors (Lipinski definition) is 4. The monoisotopic (exact) mass is 347 g/mol. The fourth-order valence-corrected chi connectivity index (χ4v) is 2.96. The van der Waals surface area contributed by atoms with Crippen LogP contribution in [0.15, 0.2) is 30.5 Å². The molecule has 2 atom stereocenters. The van der Waals surface area contributed by atoms with E-state index in [9.17, 15) is 14.7 Å². The molecule has 1 heterocycles. The molecule has 1 aromatic heterocycles. The van der Waals surface area contributed by atoms with E-state index in [1.165, 1.54) is 0 Å². The third kappa shape index (κ3) is 4.80. The number of carboxylic acid groups (broad SMARTS) is 1. The number of unbranched alkanes of at least 4 members (excludes halogenated alkanes) is 1. The lowest BCUT2D eigenvalue weighted by Gasteiger charge is -2.17. The molecule has 0 aliphatic carbocycles. The molecule has 0 unspecified atom stereocenters. The lowest BCUT2D eigenvalue weighted by molar-refractivity contribution is -0.368. The van der Waals surface area contributed by atoms with Crippen molar-refractivity contribution < 1.29 is 20.4 Å². The van der Waals surface area contributed by atoms with Crippen molar-refractivity contribution in [3.63, 3.8) is 0 Å². The maximum absolute atomic E-state index is 12.2. The lowest BCUT2D eigenvalue weighted by atomic mass is 10.0. The Bertz CT molecular complexity index is 741. The summed E-state index contributed by atoms with van der Waals surface area (Å²) in [6.07, 6.45) is 4.36. The predicted octanol–water partition coefficient (Wildman–Crippen LogP) is 0.0297. The zero-order chi connectivity index (χ0) is 18.4. The van der Waals surface area contributed by atoms with Crippen LogP contribution in [0.1, 0.15) is 24.8 Å². The number of para-hydroxylation sites is 1. The maximum atomic E-state index is 12.2. The van der Waals surface area contributed by atoms with E-state index >= 15 is 0 Å². The van der Waals surface area contributed by atoms with Gasteiger partial charge in [-0.25, -0.2) is 4.79 Å².